The van der Waals surface area contributed by atoms with Crippen LogP contribution in [0.3, 0.4) is 0 Å². The van der Waals surface area contributed by atoms with Crippen LogP contribution >= 0.6 is 0 Å². The lowest BCUT2D eigenvalue weighted by atomic mass is 10.1. The number of nitrogens with zero attached hydrogens (tertiary/aromatic N) is 2. The van der Waals surface area contributed by atoms with Crippen molar-refractivity contribution in [2.75, 3.05) is 0 Å². The van der Waals surface area contributed by atoms with Crippen LogP contribution in [0.25, 0.3) is 10.9 Å². The van der Waals surface area contributed by atoms with Crippen molar-refractivity contribution in [2.24, 2.45) is 0 Å². The molecule has 0 spiro atoms. The molecule has 23 heavy (non-hydrogen) atoms. The lowest BCUT2D eigenvalue weighted by molar-refractivity contribution is -0.498. The van der Waals surface area contributed by atoms with Gasteiger partial charge >= 0.3 is 0 Å². The Labute approximate surface area is 136 Å². The third-order valence-corrected chi connectivity index (χ3v) is 4.08. The molecule has 0 aliphatic rings. The first-order valence-electron chi connectivity index (χ1n) is 7.75. The number of benzene rings is 2. The van der Waals surface area contributed by atoms with Crippen LogP contribution in [-0.4, -0.2) is 15.5 Å². The average Bonchev–Trinajstić information content (AvgIpc) is 2.93. The monoisotopic (exact) mass is 304 g/mol. The van der Waals surface area contributed by atoms with Gasteiger partial charge in [0.15, 0.2) is 12.3 Å². The Kier molecular flexibility index (Phi) is 4.29. The summed E-state index contributed by atoms with van der Waals surface area (Å²) in [5, 5.41) is 13.7. The van der Waals surface area contributed by atoms with Gasteiger partial charge in [0.25, 0.3) is 0 Å². The summed E-state index contributed by atoms with van der Waals surface area (Å²) < 4.78 is 3.12. The first kappa shape index (κ1) is 15.1. The van der Waals surface area contributed by atoms with E-state index in [1.54, 1.807) is 6.21 Å². The molecule has 3 nitrogen and oxygen atoms in total. The molecule has 2 aromatic carbocycles. The molecule has 0 unspecified atom stereocenters. The normalized spacial score (nSPS) is 13.2. The number of allylic oxidation sites excluding steroid dienone is 1. The van der Waals surface area contributed by atoms with Crippen LogP contribution < -0.4 is 0 Å². The quantitative estimate of drug-likeness (QED) is 0.224. The second-order valence-corrected chi connectivity index (χ2v) is 5.60. The van der Waals surface area contributed by atoms with E-state index in [2.05, 4.69) is 23.3 Å². The summed E-state index contributed by atoms with van der Waals surface area (Å²) in [6.45, 7) is 6.41. The van der Waals surface area contributed by atoms with E-state index in [0.717, 1.165) is 26.9 Å². The van der Waals surface area contributed by atoms with Gasteiger partial charge in [-0.05, 0) is 12.1 Å². The molecule has 0 aliphatic carbocycles. The summed E-state index contributed by atoms with van der Waals surface area (Å²) in [5.74, 6) is 0. The number of hydrogen-bond acceptors (Lipinski definition) is 1. The number of para-hydroxylation sites is 1. The Bertz CT molecular complexity index is 846. The van der Waals surface area contributed by atoms with E-state index in [4.69, 9.17) is 0 Å². The zero-order chi connectivity index (χ0) is 16.2. The maximum atomic E-state index is 12.6. The van der Waals surface area contributed by atoms with Crippen molar-refractivity contribution in [3.8, 4) is 0 Å². The first-order chi connectivity index (χ1) is 11.2. The van der Waals surface area contributed by atoms with Crippen LogP contribution in [0.15, 0.2) is 73.3 Å². The van der Waals surface area contributed by atoms with Gasteiger partial charge in [0.1, 0.15) is 5.69 Å². The minimum atomic E-state index is -0.230. The number of hydrogen-bond donors (Lipinski definition) is 0. The second-order valence-electron chi connectivity index (χ2n) is 5.60. The van der Waals surface area contributed by atoms with Crippen molar-refractivity contribution in [1.82, 2.24) is 4.57 Å². The molecule has 0 radical (unpaired) electrons. The lowest BCUT2D eigenvalue weighted by Crippen LogP contribution is -2.13. The summed E-state index contributed by atoms with van der Waals surface area (Å²) >= 11 is 0. The summed E-state index contributed by atoms with van der Waals surface area (Å²) in [4.78, 5) is 0. The predicted octanol–water partition coefficient (Wildman–Crippen LogP) is 4.52. The topological polar surface area (TPSA) is 31.0 Å². The van der Waals surface area contributed by atoms with Crippen LogP contribution in [0, 0.1) is 5.21 Å². The largest absolute Gasteiger partial charge is 0.623 e. The summed E-state index contributed by atoms with van der Waals surface area (Å²) in [6.07, 6.45) is 3.51. The van der Waals surface area contributed by atoms with Crippen molar-refractivity contribution in [3.63, 3.8) is 0 Å². The number of rotatable bonds is 5. The fraction of sp³-hybridized carbons (Fsp3) is 0.150. The smallest absolute Gasteiger partial charge is 0.199 e. The SMILES string of the molecule is C=CCn1c(/C=[N+](\[O-])[C@H](C)c2ccccc2)cc2ccccc21. The molecule has 3 rings (SSSR count). The van der Waals surface area contributed by atoms with Crippen molar-refractivity contribution >= 4 is 17.1 Å². The third-order valence-electron chi connectivity index (χ3n) is 4.08. The zero-order valence-electron chi connectivity index (χ0n) is 13.2. The van der Waals surface area contributed by atoms with Crippen LogP contribution in [0.1, 0.15) is 24.2 Å². The molecule has 0 fully saturated rings. The lowest BCUT2D eigenvalue weighted by Gasteiger charge is -2.13. The molecular weight excluding hydrogens is 284 g/mol. The van der Waals surface area contributed by atoms with Crippen molar-refractivity contribution in [3.05, 3.63) is 89.8 Å². The van der Waals surface area contributed by atoms with Crippen molar-refractivity contribution in [1.29, 1.82) is 0 Å². The van der Waals surface area contributed by atoms with Gasteiger partial charge in [0.05, 0.1) is 0 Å². The molecule has 1 heterocycles. The fourth-order valence-electron chi connectivity index (χ4n) is 2.79. The molecule has 0 N–H and O–H groups in total. The first-order valence-corrected chi connectivity index (χ1v) is 7.75. The molecule has 0 bridgehead atoms. The minimum Gasteiger partial charge on any atom is -0.623 e. The Morgan fingerprint density at radius 2 is 1.83 bits per heavy atom. The summed E-state index contributed by atoms with van der Waals surface area (Å²) in [7, 11) is 0. The van der Waals surface area contributed by atoms with E-state index in [1.165, 1.54) is 0 Å². The Balaban J connectivity index is 2.02. The molecule has 0 amide bonds. The Morgan fingerprint density at radius 1 is 1.13 bits per heavy atom. The van der Waals surface area contributed by atoms with Crippen molar-refractivity contribution in [2.45, 2.75) is 19.5 Å². The van der Waals surface area contributed by atoms with Gasteiger partial charge in [-0.25, -0.2) is 4.74 Å². The fourth-order valence-corrected chi connectivity index (χ4v) is 2.79. The second kappa shape index (κ2) is 6.53. The van der Waals surface area contributed by atoms with E-state index in [1.807, 2.05) is 61.5 Å². The zero-order valence-corrected chi connectivity index (χ0v) is 13.2. The predicted molar refractivity (Wildman–Crippen MR) is 95.8 cm³/mol. The van der Waals surface area contributed by atoms with E-state index in [-0.39, 0.29) is 6.04 Å². The molecule has 1 aromatic heterocycles. The van der Waals surface area contributed by atoms with Gasteiger partial charge in [-0.15, -0.1) is 6.58 Å². The van der Waals surface area contributed by atoms with Gasteiger partial charge in [-0.3, -0.25) is 0 Å². The molecule has 0 saturated carbocycles. The minimum absolute atomic E-state index is 0.230. The Morgan fingerprint density at radius 3 is 2.57 bits per heavy atom. The van der Waals surface area contributed by atoms with Crippen LogP contribution in [0.5, 0.6) is 0 Å². The maximum absolute atomic E-state index is 12.6. The maximum Gasteiger partial charge on any atom is 0.199 e. The van der Waals surface area contributed by atoms with Gasteiger partial charge in [0.2, 0.25) is 0 Å². The van der Waals surface area contributed by atoms with Gasteiger partial charge < -0.3 is 9.77 Å². The van der Waals surface area contributed by atoms with Crippen LogP contribution in [0.4, 0.5) is 0 Å². The highest BCUT2D eigenvalue weighted by Crippen LogP contribution is 2.20. The van der Waals surface area contributed by atoms with Crippen molar-refractivity contribution < 1.29 is 4.74 Å². The standard InChI is InChI=1S/C20H20N2O/c1-3-13-21-19(14-18-11-7-8-12-20(18)21)15-22(23)16(2)17-9-5-4-6-10-17/h3-12,14-16H,1,13H2,2H3/b22-15-/t16-/m1/s1. The van der Waals surface area contributed by atoms with Gasteiger partial charge in [-0.2, -0.15) is 0 Å². The third kappa shape index (κ3) is 3.04. The number of aromatic nitrogens is 1. The molecule has 116 valence electrons. The van der Waals surface area contributed by atoms with E-state index in [0.29, 0.717) is 6.54 Å². The number of fused-ring (bicyclic) bond motifs is 1. The van der Waals surface area contributed by atoms with Gasteiger partial charge in [-0.1, -0.05) is 54.6 Å². The van der Waals surface area contributed by atoms with E-state index >= 15 is 0 Å². The molecular formula is C20H20N2O. The summed E-state index contributed by atoms with van der Waals surface area (Å²) in [5.41, 5.74) is 3.01. The number of hydroxylamine groups is 1. The molecule has 3 heteroatoms. The van der Waals surface area contributed by atoms with E-state index < -0.39 is 0 Å². The van der Waals surface area contributed by atoms with E-state index in [9.17, 15) is 5.21 Å². The highest BCUT2D eigenvalue weighted by Gasteiger charge is 2.14. The Hall–Kier alpha value is -2.81. The van der Waals surface area contributed by atoms with Crippen LogP contribution in [-0.2, 0) is 6.54 Å². The molecule has 0 aliphatic heterocycles. The molecule has 0 saturated heterocycles. The van der Waals surface area contributed by atoms with Gasteiger partial charge in [0, 0.05) is 29.9 Å². The average molecular weight is 304 g/mol. The highest BCUT2D eigenvalue weighted by atomic mass is 16.5. The molecule has 3 aromatic rings. The summed E-state index contributed by atoms with van der Waals surface area (Å²) in [6, 6.07) is 19.8. The molecule has 1 atom stereocenters. The highest BCUT2D eigenvalue weighted by molar-refractivity contribution is 5.89. The van der Waals surface area contributed by atoms with Crippen LogP contribution in [0.2, 0.25) is 0 Å².